The zero-order chi connectivity index (χ0) is 26.8. The Morgan fingerprint density at radius 1 is 1.17 bits per heavy atom. The van der Waals surface area contributed by atoms with Crippen LogP contribution < -0.4 is 15.4 Å². The number of nitrogens with zero attached hydrogens (tertiary/aromatic N) is 1. The highest BCUT2D eigenvalue weighted by Gasteiger charge is 2.30. The van der Waals surface area contributed by atoms with E-state index >= 15 is 0 Å². The molecule has 0 radical (unpaired) electrons. The molecule has 1 atom stereocenters. The molecular weight excluding hydrogens is 525 g/mol. The first-order chi connectivity index (χ1) is 17.2. The van der Waals surface area contributed by atoms with Crippen molar-refractivity contribution in [3.63, 3.8) is 0 Å². The number of aliphatic imine (C=N–C) groups is 1. The van der Waals surface area contributed by atoms with Crippen molar-refractivity contribution in [3.05, 3.63) is 80.8 Å². The number of amides is 2. The van der Waals surface area contributed by atoms with Crippen molar-refractivity contribution in [2.75, 3.05) is 25.6 Å². The van der Waals surface area contributed by atoms with Crippen molar-refractivity contribution in [2.24, 2.45) is 4.99 Å². The minimum Gasteiger partial charge on any atom is -0.490 e. The van der Waals surface area contributed by atoms with Crippen molar-refractivity contribution in [1.82, 2.24) is 5.32 Å². The summed E-state index contributed by atoms with van der Waals surface area (Å²) < 4.78 is 10.6. The lowest BCUT2D eigenvalue weighted by Crippen LogP contribution is -2.42. The molecule has 1 unspecified atom stereocenters. The molecule has 1 aliphatic heterocycles. The zero-order valence-electron chi connectivity index (χ0n) is 20.5. The van der Waals surface area contributed by atoms with E-state index in [0.717, 1.165) is 0 Å². The Labute approximate surface area is 226 Å². The maximum absolute atomic E-state index is 13.2. The van der Waals surface area contributed by atoms with Gasteiger partial charge in [0.15, 0.2) is 0 Å². The molecule has 10 heteroatoms. The van der Waals surface area contributed by atoms with E-state index in [1.165, 1.54) is 13.2 Å². The normalized spacial score (nSPS) is 15.1. The van der Waals surface area contributed by atoms with Crippen LogP contribution in [0.15, 0.2) is 69.7 Å². The lowest BCUT2D eigenvalue weighted by Gasteiger charge is -2.16. The molecule has 0 bridgehead atoms. The van der Waals surface area contributed by atoms with Gasteiger partial charge in [0.1, 0.15) is 12.4 Å². The summed E-state index contributed by atoms with van der Waals surface area (Å²) in [4.78, 5) is 30.7. The van der Waals surface area contributed by atoms with E-state index in [4.69, 9.17) is 44.3 Å². The van der Waals surface area contributed by atoms with Crippen LogP contribution in [0.2, 0.25) is 5.02 Å². The van der Waals surface area contributed by atoms with Gasteiger partial charge in [-0.25, -0.2) is 4.99 Å². The molecule has 7 nitrogen and oxygen atoms in total. The molecule has 3 rings (SSSR count). The second-order valence-corrected chi connectivity index (χ2v) is 8.64. The summed E-state index contributed by atoms with van der Waals surface area (Å²) in [5.74, 6) is -0.875. The molecule has 0 spiro atoms. The van der Waals surface area contributed by atoms with Crippen molar-refractivity contribution < 1.29 is 19.1 Å². The number of carbonyl (C=O) groups excluding carboxylic acids is 2. The number of para-hydroxylation sites is 1. The monoisotopic (exact) mass is 551 g/mol. The number of nitrogens with one attached hydrogen (secondary N) is 2. The van der Waals surface area contributed by atoms with E-state index in [2.05, 4.69) is 22.2 Å². The summed E-state index contributed by atoms with van der Waals surface area (Å²) in [6, 6.07) is 11.6. The van der Waals surface area contributed by atoms with Crippen molar-refractivity contribution in [3.8, 4) is 5.75 Å². The maximum atomic E-state index is 13.2. The van der Waals surface area contributed by atoms with Crippen LogP contribution in [0.3, 0.4) is 0 Å². The summed E-state index contributed by atoms with van der Waals surface area (Å²) in [7, 11) is 1.54. The van der Waals surface area contributed by atoms with Crippen LogP contribution in [0.4, 0.5) is 5.69 Å². The highest BCUT2D eigenvalue weighted by molar-refractivity contribution is 6.42. The van der Waals surface area contributed by atoms with Crippen molar-refractivity contribution in [1.29, 1.82) is 0 Å². The lowest BCUT2D eigenvalue weighted by molar-refractivity contribution is -0.117. The van der Waals surface area contributed by atoms with Crippen LogP contribution in [0, 0.1) is 0 Å². The Kier molecular flexibility index (Phi) is 11.5. The quantitative estimate of drug-likeness (QED) is 0.303. The SMILES string of the molecule is C=C(Cl)/C(C1=NC(NC(=O)c2cc(Cl)ccc2OCCOC)C(=O)Nc2ccccc21)=C(\C)Cl.CC. The molecule has 0 aromatic heterocycles. The summed E-state index contributed by atoms with van der Waals surface area (Å²) in [5.41, 5.74) is 1.88. The van der Waals surface area contributed by atoms with Crippen LogP contribution in [-0.4, -0.2) is 44.0 Å². The number of fused-ring (bicyclic) bond motifs is 1. The number of methoxy groups -OCH3 is 1. The third kappa shape index (κ3) is 7.34. The molecule has 1 aliphatic rings. The fourth-order valence-corrected chi connectivity index (χ4v) is 3.93. The molecule has 1 heterocycles. The molecule has 0 fully saturated rings. The Morgan fingerprint density at radius 3 is 2.50 bits per heavy atom. The van der Waals surface area contributed by atoms with Crippen LogP contribution in [0.1, 0.15) is 36.7 Å². The lowest BCUT2D eigenvalue weighted by atomic mass is 10.00. The minimum absolute atomic E-state index is 0.140. The van der Waals surface area contributed by atoms with Gasteiger partial charge in [0.2, 0.25) is 6.17 Å². The van der Waals surface area contributed by atoms with Crippen LogP contribution in [0.25, 0.3) is 0 Å². The number of allylic oxidation sites excluding steroid dienone is 3. The number of halogens is 3. The first-order valence-electron chi connectivity index (χ1n) is 11.1. The van der Waals surface area contributed by atoms with Gasteiger partial charge in [0.05, 0.1) is 23.6 Å². The van der Waals surface area contributed by atoms with Gasteiger partial charge in [-0.2, -0.15) is 0 Å². The standard InChI is InChI=1S/C24H22Cl3N3O4.C2H6/c1-13(25)20(14(2)26)21-16-6-4-5-7-18(16)28-24(32)22(29-21)30-23(31)17-12-15(27)8-9-19(17)34-11-10-33-3;1-2/h4-9,12,22H,1,10-11H2,2-3H3,(H,28,32)(H,30,31);1-2H3/b20-14-;. The molecule has 2 aromatic rings. The van der Waals surface area contributed by atoms with Gasteiger partial charge in [0, 0.05) is 33.3 Å². The van der Waals surface area contributed by atoms with Crippen LogP contribution >= 0.6 is 34.8 Å². The van der Waals surface area contributed by atoms with Crippen molar-refractivity contribution >= 4 is 58.0 Å². The topological polar surface area (TPSA) is 89.0 Å². The number of anilines is 1. The van der Waals surface area contributed by atoms with Gasteiger partial charge in [0.25, 0.3) is 11.8 Å². The number of hydrogen-bond acceptors (Lipinski definition) is 5. The summed E-state index contributed by atoms with van der Waals surface area (Å²) in [5, 5.41) is 6.21. The third-order valence-corrected chi connectivity index (χ3v) is 5.41. The van der Waals surface area contributed by atoms with Crippen LogP contribution in [-0.2, 0) is 9.53 Å². The maximum Gasteiger partial charge on any atom is 0.269 e. The average molecular weight is 553 g/mol. The largest absolute Gasteiger partial charge is 0.490 e. The molecule has 36 heavy (non-hydrogen) atoms. The second-order valence-electron chi connectivity index (χ2n) is 7.18. The second kappa shape index (κ2) is 14.0. The zero-order valence-corrected chi connectivity index (χ0v) is 22.7. The number of benzodiazepines with no additional fused rings is 1. The van der Waals surface area contributed by atoms with E-state index in [1.807, 2.05) is 13.8 Å². The highest BCUT2D eigenvalue weighted by atomic mass is 35.5. The predicted octanol–water partition coefficient (Wildman–Crippen LogP) is 6.15. The van der Waals surface area contributed by atoms with E-state index in [9.17, 15) is 9.59 Å². The predicted molar refractivity (Wildman–Crippen MR) is 147 cm³/mol. The number of benzene rings is 2. The van der Waals surface area contributed by atoms with E-state index < -0.39 is 18.0 Å². The minimum atomic E-state index is -1.30. The summed E-state index contributed by atoms with van der Waals surface area (Å²) in [6.45, 7) is 9.96. The Morgan fingerprint density at radius 2 is 1.86 bits per heavy atom. The summed E-state index contributed by atoms with van der Waals surface area (Å²) in [6.07, 6.45) is -1.30. The van der Waals surface area contributed by atoms with Gasteiger partial charge >= 0.3 is 0 Å². The molecule has 0 saturated carbocycles. The Balaban J connectivity index is 0.00000222. The Bertz CT molecular complexity index is 1190. The number of carbonyl (C=O) groups is 2. The first-order valence-corrected chi connectivity index (χ1v) is 12.3. The first kappa shape index (κ1) is 29.4. The van der Waals surface area contributed by atoms with Gasteiger partial charge in [-0.05, 0) is 31.2 Å². The van der Waals surface area contributed by atoms with Gasteiger partial charge < -0.3 is 20.1 Å². The fourth-order valence-electron chi connectivity index (χ4n) is 3.27. The van der Waals surface area contributed by atoms with E-state index in [1.54, 1.807) is 43.3 Å². The van der Waals surface area contributed by atoms with E-state index in [-0.39, 0.29) is 23.0 Å². The molecule has 0 saturated heterocycles. The highest BCUT2D eigenvalue weighted by Crippen LogP contribution is 2.30. The van der Waals surface area contributed by atoms with Crippen molar-refractivity contribution in [2.45, 2.75) is 26.9 Å². The molecular formula is C26H28Cl3N3O4. The number of rotatable bonds is 8. The number of hydrogen-bond donors (Lipinski definition) is 2. The smallest absolute Gasteiger partial charge is 0.269 e. The van der Waals surface area contributed by atoms with E-state index in [0.29, 0.717) is 39.2 Å². The molecule has 192 valence electrons. The van der Waals surface area contributed by atoms with Gasteiger partial charge in [-0.3, -0.25) is 9.59 Å². The summed E-state index contributed by atoms with van der Waals surface area (Å²) >= 11 is 18.6. The van der Waals surface area contributed by atoms with Gasteiger partial charge in [-0.1, -0.05) is 73.4 Å². The third-order valence-electron chi connectivity index (χ3n) is 4.80. The van der Waals surface area contributed by atoms with Crippen LogP contribution in [0.5, 0.6) is 5.75 Å². The molecule has 2 amide bonds. The van der Waals surface area contributed by atoms with Gasteiger partial charge in [-0.15, -0.1) is 0 Å². The number of ether oxygens (including phenoxy) is 2. The molecule has 0 aliphatic carbocycles. The molecule has 2 aromatic carbocycles. The average Bonchev–Trinajstić information content (AvgIpc) is 2.97. The Hall–Kier alpha value is -2.84. The molecule has 2 N–H and O–H groups in total. The fraction of sp³-hybridized carbons (Fsp3) is 0.269.